The van der Waals surface area contributed by atoms with Crippen LogP contribution in [0.5, 0.6) is 0 Å². The fourth-order valence-corrected chi connectivity index (χ4v) is 2.24. The molecule has 7 nitrogen and oxygen atoms in total. The summed E-state index contributed by atoms with van der Waals surface area (Å²) < 4.78 is 7.25. The van der Waals surface area contributed by atoms with E-state index in [2.05, 4.69) is 39.4 Å². The van der Waals surface area contributed by atoms with Crippen molar-refractivity contribution in [1.29, 1.82) is 0 Å². The molecule has 7 heteroatoms. The van der Waals surface area contributed by atoms with Gasteiger partial charge in [-0.1, -0.05) is 5.16 Å². The smallest absolute Gasteiger partial charge is 0.240 e. The van der Waals surface area contributed by atoms with E-state index in [4.69, 9.17) is 4.52 Å². The van der Waals surface area contributed by atoms with E-state index in [1.165, 1.54) is 0 Å². The van der Waals surface area contributed by atoms with Gasteiger partial charge >= 0.3 is 0 Å². The van der Waals surface area contributed by atoms with Crippen molar-refractivity contribution in [3.8, 4) is 11.4 Å². The van der Waals surface area contributed by atoms with E-state index < -0.39 is 0 Å². The molecule has 0 radical (unpaired) electrons. The van der Waals surface area contributed by atoms with Crippen LogP contribution in [-0.2, 0) is 6.54 Å². The second kappa shape index (κ2) is 6.70. The molecule has 0 amide bonds. The molecule has 0 saturated heterocycles. The van der Waals surface area contributed by atoms with Crippen molar-refractivity contribution in [3.05, 3.63) is 48.4 Å². The third kappa shape index (κ3) is 3.62. The van der Waals surface area contributed by atoms with Crippen molar-refractivity contribution < 1.29 is 4.52 Å². The van der Waals surface area contributed by atoms with Crippen LogP contribution in [-0.4, -0.2) is 30.9 Å². The molecule has 23 heavy (non-hydrogen) atoms. The second-order valence-electron chi connectivity index (χ2n) is 5.66. The summed E-state index contributed by atoms with van der Waals surface area (Å²) in [6.07, 6.45) is 7.33. The van der Waals surface area contributed by atoms with Crippen LogP contribution in [0.1, 0.15) is 31.3 Å². The van der Waals surface area contributed by atoms with Crippen LogP contribution >= 0.6 is 0 Å². The van der Waals surface area contributed by atoms with Gasteiger partial charge < -0.3 is 9.84 Å². The van der Waals surface area contributed by atoms with Crippen LogP contribution in [0.4, 0.5) is 0 Å². The maximum Gasteiger partial charge on any atom is 0.240 e. The zero-order valence-corrected chi connectivity index (χ0v) is 13.5. The Balaban J connectivity index is 1.59. The van der Waals surface area contributed by atoms with E-state index in [0.29, 0.717) is 18.3 Å². The summed E-state index contributed by atoms with van der Waals surface area (Å²) in [5, 5.41) is 11.7. The van der Waals surface area contributed by atoms with Gasteiger partial charge in [-0.15, -0.1) is 0 Å². The molecule has 0 bridgehead atoms. The Kier molecular flexibility index (Phi) is 4.47. The molecule has 0 aliphatic heterocycles. The molecule has 1 N–H and O–H groups in total. The van der Waals surface area contributed by atoms with Gasteiger partial charge in [0.1, 0.15) is 0 Å². The van der Waals surface area contributed by atoms with Gasteiger partial charge in [0.2, 0.25) is 11.7 Å². The number of hydrogen-bond donors (Lipinski definition) is 1. The molecular weight excluding hydrogens is 292 g/mol. The number of aromatic nitrogens is 5. The maximum atomic E-state index is 5.29. The van der Waals surface area contributed by atoms with Gasteiger partial charge in [0.25, 0.3) is 0 Å². The maximum absolute atomic E-state index is 5.29. The van der Waals surface area contributed by atoms with E-state index in [1.807, 2.05) is 36.1 Å². The average molecular weight is 312 g/mol. The van der Waals surface area contributed by atoms with Gasteiger partial charge in [-0.2, -0.15) is 10.1 Å². The predicted molar refractivity (Wildman–Crippen MR) is 85.5 cm³/mol. The van der Waals surface area contributed by atoms with Crippen molar-refractivity contribution in [3.63, 3.8) is 0 Å². The summed E-state index contributed by atoms with van der Waals surface area (Å²) in [6.45, 7) is 6.78. The van der Waals surface area contributed by atoms with Gasteiger partial charge in [-0.25, -0.2) is 0 Å². The van der Waals surface area contributed by atoms with Gasteiger partial charge in [0, 0.05) is 30.2 Å². The minimum Gasteiger partial charge on any atom is -0.338 e. The van der Waals surface area contributed by atoms with Gasteiger partial charge in [-0.3, -0.25) is 9.67 Å². The first-order valence-electron chi connectivity index (χ1n) is 7.60. The van der Waals surface area contributed by atoms with Gasteiger partial charge in [0.15, 0.2) is 0 Å². The first-order chi connectivity index (χ1) is 11.1. The van der Waals surface area contributed by atoms with Crippen LogP contribution in [0, 0.1) is 6.92 Å². The van der Waals surface area contributed by atoms with Crippen LogP contribution < -0.4 is 5.32 Å². The Morgan fingerprint density at radius 1 is 1.30 bits per heavy atom. The fourth-order valence-electron chi connectivity index (χ4n) is 2.24. The lowest BCUT2D eigenvalue weighted by Gasteiger charge is -2.20. The molecule has 3 rings (SSSR count). The Labute approximate surface area is 134 Å². The highest BCUT2D eigenvalue weighted by molar-refractivity contribution is 5.51. The summed E-state index contributed by atoms with van der Waals surface area (Å²) in [5.74, 6) is 1.11. The molecule has 0 aliphatic rings. The molecule has 3 aromatic rings. The van der Waals surface area contributed by atoms with E-state index in [0.717, 1.165) is 11.1 Å². The molecule has 0 aromatic carbocycles. The summed E-state index contributed by atoms with van der Waals surface area (Å²) in [4.78, 5) is 8.44. The molecule has 0 spiro atoms. The van der Waals surface area contributed by atoms with Crippen molar-refractivity contribution in [2.75, 3.05) is 0 Å². The second-order valence-corrected chi connectivity index (χ2v) is 5.66. The molecule has 120 valence electrons. The number of aryl methyl sites for hydroxylation is 1. The molecular formula is C16H20N6O. The third-order valence-corrected chi connectivity index (χ3v) is 3.83. The highest BCUT2D eigenvalue weighted by Crippen LogP contribution is 2.15. The quantitative estimate of drug-likeness (QED) is 0.752. The van der Waals surface area contributed by atoms with Crippen molar-refractivity contribution >= 4 is 0 Å². The normalized spacial score (nSPS) is 13.9. The lowest BCUT2D eigenvalue weighted by Crippen LogP contribution is -2.33. The minimum absolute atomic E-state index is 0.211. The zero-order valence-electron chi connectivity index (χ0n) is 13.5. The number of nitrogens with zero attached hydrogens (tertiary/aromatic N) is 5. The van der Waals surface area contributed by atoms with Crippen molar-refractivity contribution in [2.45, 2.75) is 39.4 Å². The van der Waals surface area contributed by atoms with Crippen molar-refractivity contribution in [2.24, 2.45) is 0 Å². The SMILES string of the molecule is Cc1cnn([C@H](C)[C@@H](C)NCc2nc(-c3cccnc3)no2)c1. The highest BCUT2D eigenvalue weighted by Gasteiger charge is 2.16. The molecule has 3 aromatic heterocycles. The topological polar surface area (TPSA) is 81.7 Å². The lowest BCUT2D eigenvalue weighted by atomic mass is 10.2. The number of rotatable bonds is 6. The number of pyridine rings is 1. The van der Waals surface area contributed by atoms with E-state index in [9.17, 15) is 0 Å². The van der Waals surface area contributed by atoms with E-state index >= 15 is 0 Å². The third-order valence-electron chi connectivity index (χ3n) is 3.83. The summed E-state index contributed by atoms with van der Waals surface area (Å²) in [7, 11) is 0. The monoisotopic (exact) mass is 312 g/mol. The Morgan fingerprint density at radius 3 is 2.87 bits per heavy atom. The first kappa shape index (κ1) is 15.4. The Morgan fingerprint density at radius 2 is 2.17 bits per heavy atom. The first-order valence-corrected chi connectivity index (χ1v) is 7.60. The van der Waals surface area contributed by atoms with E-state index in [1.54, 1.807) is 12.4 Å². The standard InChI is InChI=1S/C16H20N6O/c1-11-7-19-22(10-11)13(3)12(2)18-9-15-20-16(21-23-15)14-5-4-6-17-8-14/h4-8,10,12-13,18H,9H2,1-3H3/t12-,13-/m1/s1. The minimum atomic E-state index is 0.211. The Bertz CT molecular complexity index is 751. The molecule has 3 heterocycles. The van der Waals surface area contributed by atoms with Gasteiger partial charge in [0.05, 0.1) is 18.8 Å². The van der Waals surface area contributed by atoms with Crippen LogP contribution in [0.15, 0.2) is 41.4 Å². The molecule has 0 saturated carbocycles. The summed E-state index contributed by atoms with van der Waals surface area (Å²) >= 11 is 0. The van der Waals surface area contributed by atoms with Crippen LogP contribution in [0.3, 0.4) is 0 Å². The summed E-state index contributed by atoms with van der Waals surface area (Å²) in [5.41, 5.74) is 2.00. The zero-order chi connectivity index (χ0) is 16.2. The van der Waals surface area contributed by atoms with E-state index in [-0.39, 0.29) is 12.1 Å². The molecule has 0 aliphatic carbocycles. The van der Waals surface area contributed by atoms with Crippen molar-refractivity contribution in [1.82, 2.24) is 30.2 Å². The molecule has 0 fully saturated rings. The summed E-state index contributed by atoms with van der Waals surface area (Å²) in [6, 6.07) is 4.19. The predicted octanol–water partition coefficient (Wildman–Crippen LogP) is 2.38. The fraction of sp³-hybridized carbons (Fsp3) is 0.375. The van der Waals surface area contributed by atoms with Crippen LogP contribution in [0.25, 0.3) is 11.4 Å². The van der Waals surface area contributed by atoms with Gasteiger partial charge in [-0.05, 0) is 38.5 Å². The molecule has 2 atom stereocenters. The molecule has 0 unspecified atom stereocenters. The lowest BCUT2D eigenvalue weighted by molar-refractivity contribution is 0.325. The number of nitrogens with one attached hydrogen (secondary N) is 1. The number of hydrogen-bond acceptors (Lipinski definition) is 6. The highest BCUT2D eigenvalue weighted by atomic mass is 16.5. The average Bonchev–Trinajstić information content (AvgIpc) is 3.22. The largest absolute Gasteiger partial charge is 0.338 e. The Hall–Kier alpha value is -2.54. The van der Waals surface area contributed by atoms with Crippen LogP contribution in [0.2, 0.25) is 0 Å².